The van der Waals surface area contributed by atoms with Crippen molar-refractivity contribution in [1.29, 1.82) is 0 Å². The summed E-state index contributed by atoms with van der Waals surface area (Å²) in [6.45, 7) is 2.23. The number of carbonyl (C=O) groups excluding carboxylic acids is 2. The van der Waals surface area contributed by atoms with Gasteiger partial charge < -0.3 is 19.3 Å². The molecule has 1 amide bonds. The number of amides is 1. The zero-order valence-corrected chi connectivity index (χ0v) is 20.2. The zero-order chi connectivity index (χ0) is 25.1. The first-order chi connectivity index (χ1) is 16.9. The molecule has 1 heterocycles. The fourth-order valence-corrected chi connectivity index (χ4v) is 4.27. The van der Waals surface area contributed by atoms with Crippen molar-refractivity contribution in [3.63, 3.8) is 0 Å². The zero-order valence-electron chi connectivity index (χ0n) is 19.4. The van der Waals surface area contributed by atoms with E-state index in [0.717, 1.165) is 0 Å². The van der Waals surface area contributed by atoms with Gasteiger partial charge in [-0.25, -0.2) is 0 Å². The van der Waals surface area contributed by atoms with Crippen molar-refractivity contribution in [3.05, 3.63) is 88.5 Å². The van der Waals surface area contributed by atoms with E-state index in [9.17, 15) is 14.7 Å². The summed E-state index contributed by atoms with van der Waals surface area (Å²) in [4.78, 5) is 28.0. The minimum atomic E-state index is -0.924. The van der Waals surface area contributed by atoms with Crippen molar-refractivity contribution in [2.75, 3.05) is 25.7 Å². The Morgan fingerprint density at radius 1 is 0.971 bits per heavy atom. The quantitative estimate of drug-likeness (QED) is 0.270. The third-order valence-electron chi connectivity index (χ3n) is 5.70. The van der Waals surface area contributed by atoms with Gasteiger partial charge in [0.05, 0.1) is 32.4 Å². The number of ketones is 1. The van der Waals surface area contributed by atoms with Gasteiger partial charge in [0.1, 0.15) is 11.5 Å². The van der Waals surface area contributed by atoms with Crippen LogP contribution in [0.5, 0.6) is 17.2 Å². The van der Waals surface area contributed by atoms with Gasteiger partial charge in [-0.1, -0.05) is 29.8 Å². The molecule has 0 saturated carbocycles. The molecule has 1 atom stereocenters. The normalized spacial score (nSPS) is 16.9. The summed E-state index contributed by atoms with van der Waals surface area (Å²) in [5, 5.41) is 11.6. The number of halogens is 1. The lowest BCUT2D eigenvalue weighted by molar-refractivity contribution is -0.132. The highest BCUT2D eigenvalue weighted by molar-refractivity contribution is 6.51. The lowest BCUT2D eigenvalue weighted by Gasteiger charge is -2.26. The monoisotopic (exact) mass is 493 g/mol. The van der Waals surface area contributed by atoms with E-state index in [4.69, 9.17) is 25.8 Å². The Hall–Kier alpha value is -3.97. The van der Waals surface area contributed by atoms with Crippen molar-refractivity contribution in [1.82, 2.24) is 0 Å². The molecule has 1 aliphatic heterocycles. The van der Waals surface area contributed by atoms with Crippen molar-refractivity contribution in [2.24, 2.45) is 0 Å². The highest BCUT2D eigenvalue weighted by Gasteiger charge is 2.47. The molecule has 3 aromatic rings. The Morgan fingerprint density at radius 2 is 1.71 bits per heavy atom. The number of rotatable bonds is 7. The first-order valence-corrected chi connectivity index (χ1v) is 11.3. The largest absolute Gasteiger partial charge is 0.507 e. The van der Waals surface area contributed by atoms with E-state index >= 15 is 0 Å². The van der Waals surface area contributed by atoms with Gasteiger partial charge in [0, 0.05) is 16.3 Å². The van der Waals surface area contributed by atoms with Crippen LogP contribution in [0.1, 0.15) is 24.1 Å². The SMILES string of the molecule is CCOc1cc(C2/C(=C(/O)c3cccc(Cl)c3)C(=O)C(=O)N2c2ccc(OC)cc2)ccc1OC. The second kappa shape index (κ2) is 10.1. The van der Waals surface area contributed by atoms with E-state index in [2.05, 4.69) is 0 Å². The number of aliphatic hydroxyl groups excluding tert-OH is 1. The Balaban J connectivity index is 1.95. The van der Waals surface area contributed by atoms with Crippen molar-refractivity contribution in [3.8, 4) is 17.2 Å². The number of Topliss-reactive ketones (excluding diaryl/α,β-unsaturated/α-hetero) is 1. The van der Waals surface area contributed by atoms with Crippen molar-refractivity contribution in [2.45, 2.75) is 13.0 Å². The van der Waals surface area contributed by atoms with Crippen LogP contribution >= 0.6 is 11.6 Å². The number of benzene rings is 3. The van der Waals surface area contributed by atoms with Gasteiger partial charge in [-0.2, -0.15) is 0 Å². The van der Waals surface area contributed by atoms with Crippen LogP contribution in [0.25, 0.3) is 5.76 Å². The molecule has 7 nitrogen and oxygen atoms in total. The summed E-state index contributed by atoms with van der Waals surface area (Å²) in [6, 6.07) is 17.5. The minimum Gasteiger partial charge on any atom is -0.507 e. The summed E-state index contributed by atoms with van der Waals surface area (Å²) < 4.78 is 16.3. The first-order valence-electron chi connectivity index (χ1n) is 10.9. The standard InChI is InChI=1S/C27H24ClNO6/c1-4-35-22-15-16(8-13-21(22)34-3)24-23(25(30)17-6-5-7-18(28)14-17)26(31)27(32)29(24)19-9-11-20(33-2)12-10-19/h5-15,24,30H,4H2,1-3H3/b25-23-. The summed E-state index contributed by atoms with van der Waals surface area (Å²) in [5.41, 5.74) is 1.30. The number of hydrogen-bond acceptors (Lipinski definition) is 6. The van der Waals surface area contributed by atoms with Crippen LogP contribution in [0.2, 0.25) is 5.02 Å². The second-order valence-electron chi connectivity index (χ2n) is 7.72. The maximum absolute atomic E-state index is 13.3. The fourth-order valence-electron chi connectivity index (χ4n) is 4.08. The van der Waals surface area contributed by atoms with Gasteiger partial charge in [-0.05, 0) is 61.0 Å². The molecule has 1 unspecified atom stereocenters. The lowest BCUT2D eigenvalue weighted by atomic mass is 9.94. The number of hydrogen-bond donors (Lipinski definition) is 1. The molecule has 35 heavy (non-hydrogen) atoms. The van der Waals surface area contributed by atoms with Gasteiger partial charge in [0.2, 0.25) is 0 Å². The molecule has 0 bridgehead atoms. The molecule has 3 aromatic carbocycles. The summed E-state index contributed by atoms with van der Waals surface area (Å²) >= 11 is 6.12. The maximum atomic E-state index is 13.3. The fraction of sp³-hybridized carbons (Fsp3) is 0.185. The molecule has 1 aliphatic rings. The summed E-state index contributed by atoms with van der Waals surface area (Å²) in [6.07, 6.45) is 0. The van der Waals surface area contributed by atoms with E-state index in [1.165, 1.54) is 18.1 Å². The summed E-state index contributed by atoms with van der Waals surface area (Å²) in [7, 11) is 3.07. The van der Waals surface area contributed by atoms with E-state index in [-0.39, 0.29) is 11.3 Å². The number of aliphatic hydroxyl groups is 1. The van der Waals surface area contributed by atoms with Gasteiger partial charge in [0.25, 0.3) is 11.7 Å². The highest BCUT2D eigenvalue weighted by Crippen LogP contribution is 2.44. The highest BCUT2D eigenvalue weighted by atomic mass is 35.5. The predicted molar refractivity (Wildman–Crippen MR) is 133 cm³/mol. The van der Waals surface area contributed by atoms with E-state index in [1.807, 2.05) is 6.92 Å². The van der Waals surface area contributed by atoms with Gasteiger partial charge in [0.15, 0.2) is 11.5 Å². The summed E-state index contributed by atoms with van der Waals surface area (Å²) in [5.74, 6) is -0.332. The molecule has 0 aliphatic carbocycles. The van der Waals surface area contributed by atoms with Crippen molar-refractivity contribution < 1.29 is 28.9 Å². The topological polar surface area (TPSA) is 85.3 Å². The van der Waals surface area contributed by atoms with Gasteiger partial charge in [-0.3, -0.25) is 14.5 Å². The Kier molecular flexibility index (Phi) is 6.98. The van der Waals surface area contributed by atoms with Crippen LogP contribution in [0.4, 0.5) is 5.69 Å². The first kappa shape index (κ1) is 24.2. The Bertz CT molecular complexity index is 1300. The molecule has 8 heteroatoms. The van der Waals surface area contributed by atoms with Crippen LogP contribution in [-0.4, -0.2) is 37.6 Å². The van der Waals surface area contributed by atoms with E-state index in [1.54, 1.807) is 67.8 Å². The molecular formula is C27H24ClNO6. The van der Waals surface area contributed by atoms with Crippen LogP contribution in [0, 0.1) is 0 Å². The molecule has 1 fully saturated rings. The molecule has 180 valence electrons. The van der Waals surface area contributed by atoms with E-state index in [0.29, 0.717) is 45.7 Å². The number of carbonyl (C=O) groups is 2. The van der Waals surface area contributed by atoms with Crippen molar-refractivity contribution >= 4 is 34.7 Å². The Morgan fingerprint density at radius 3 is 2.34 bits per heavy atom. The van der Waals surface area contributed by atoms with Crippen LogP contribution in [0.15, 0.2) is 72.3 Å². The number of anilines is 1. The molecule has 1 N–H and O–H groups in total. The van der Waals surface area contributed by atoms with Gasteiger partial charge in [-0.15, -0.1) is 0 Å². The maximum Gasteiger partial charge on any atom is 0.300 e. The Labute approximate surface area is 208 Å². The molecule has 4 rings (SSSR count). The average Bonchev–Trinajstić information content (AvgIpc) is 3.14. The molecule has 1 saturated heterocycles. The molecule has 0 radical (unpaired) electrons. The number of methoxy groups -OCH3 is 2. The van der Waals surface area contributed by atoms with Crippen LogP contribution in [0.3, 0.4) is 0 Å². The van der Waals surface area contributed by atoms with E-state index < -0.39 is 17.7 Å². The molecule has 0 aromatic heterocycles. The van der Waals surface area contributed by atoms with Crippen LogP contribution in [-0.2, 0) is 9.59 Å². The molecular weight excluding hydrogens is 470 g/mol. The third-order valence-corrected chi connectivity index (χ3v) is 5.93. The predicted octanol–water partition coefficient (Wildman–Crippen LogP) is 5.38. The lowest BCUT2D eigenvalue weighted by Crippen LogP contribution is -2.29. The smallest absolute Gasteiger partial charge is 0.300 e. The molecule has 0 spiro atoms. The van der Waals surface area contributed by atoms with Gasteiger partial charge >= 0.3 is 0 Å². The number of nitrogens with zero attached hydrogens (tertiary/aromatic N) is 1. The van der Waals surface area contributed by atoms with Crippen LogP contribution < -0.4 is 19.1 Å². The second-order valence-corrected chi connectivity index (χ2v) is 8.16. The number of ether oxygens (including phenoxy) is 3. The third kappa shape index (κ3) is 4.55. The average molecular weight is 494 g/mol. The minimum absolute atomic E-state index is 0.0549.